The summed E-state index contributed by atoms with van der Waals surface area (Å²) in [7, 11) is 0. The number of imidazole rings is 1. The average Bonchev–Trinajstić information content (AvgIpc) is 2.85. The van der Waals surface area contributed by atoms with Gasteiger partial charge in [0.25, 0.3) is 0 Å². The van der Waals surface area contributed by atoms with Gasteiger partial charge in [-0.1, -0.05) is 0 Å². The predicted molar refractivity (Wildman–Crippen MR) is 68.2 cm³/mol. The summed E-state index contributed by atoms with van der Waals surface area (Å²) in [6.45, 7) is 5.76. The van der Waals surface area contributed by atoms with Crippen LogP contribution in [0.25, 0.3) is 5.52 Å². The Hall–Kier alpha value is -1.39. The molecule has 17 heavy (non-hydrogen) atoms. The zero-order valence-corrected chi connectivity index (χ0v) is 9.97. The lowest BCUT2D eigenvalue weighted by atomic mass is 10.1. The van der Waals surface area contributed by atoms with Gasteiger partial charge in [0, 0.05) is 38.9 Å². The molecule has 0 amide bonds. The first-order valence-electron chi connectivity index (χ1n) is 6.25. The molecule has 1 aliphatic rings. The van der Waals surface area contributed by atoms with Crippen LogP contribution < -0.4 is 5.32 Å². The van der Waals surface area contributed by atoms with E-state index in [-0.39, 0.29) is 0 Å². The molecular weight excluding hydrogens is 212 g/mol. The third-order valence-corrected chi connectivity index (χ3v) is 3.40. The minimum Gasteiger partial charge on any atom is -0.314 e. The first kappa shape index (κ1) is 10.7. The number of rotatable bonds is 3. The molecule has 1 N–H and O–H groups in total. The van der Waals surface area contributed by atoms with Gasteiger partial charge in [-0.2, -0.15) is 0 Å². The fraction of sp³-hybridized carbons (Fsp3) is 0.462. The van der Waals surface area contributed by atoms with Gasteiger partial charge >= 0.3 is 0 Å². The van der Waals surface area contributed by atoms with Gasteiger partial charge in [-0.05, 0) is 24.1 Å². The van der Waals surface area contributed by atoms with Crippen LogP contribution in [0.4, 0.5) is 0 Å². The molecule has 3 rings (SSSR count). The number of nitrogens with zero attached hydrogens (tertiary/aromatic N) is 3. The van der Waals surface area contributed by atoms with Crippen LogP contribution >= 0.6 is 0 Å². The molecule has 0 radical (unpaired) electrons. The summed E-state index contributed by atoms with van der Waals surface area (Å²) in [5, 5.41) is 3.38. The van der Waals surface area contributed by atoms with Gasteiger partial charge in [-0.25, -0.2) is 4.98 Å². The third-order valence-electron chi connectivity index (χ3n) is 3.40. The van der Waals surface area contributed by atoms with Gasteiger partial charge in [0.1, 0.15) is 0 Å². The Morgan fingerprint density at radius 3 is 3.06 bits per heavy atom. The van der Waals surface area contributed by atoms with Crippen LogP contribution in [-0.2, 0) is 6.42 Å². The van der Waals surface area contributed by atoms with Crippen molar-refractivity contribution in [2.24, 2.45) is 0 Å². The standard InChI is InChI=1S/C13H18N4/c1(5-16-7-3-14-4-8-16)12-2-6-17-11-15-10-13(17)9-12/h2,6,9-11,14H,1,3-5,7-8H2. The lowest BCUT2D eigenvalue weighted by molar-refractivity contribution is 0.244. The number of hydrogen-bond donors (Lipinski definition) is 1. The van der Waals surface area contributed by atoms with E-state index in [1.54, 1.807) is 0 Å². The van der Waals surface area contributed by atoms with Crippen LogP contribution in [0.3, 0.4) is 0 Å². The maximum atomic E-state index is 4.14. The summed E-state index contributed by atoms with van der Waals surface area (Å²) in [4.78, 5) is 6.66. The van der Waals surface area contributed by atoms with Gasteiger partial charge in [-0.15, -0.1) is 0 Å². The molecule has 1 fully saturated rings. The Balaban J connectivity index is 1.63. The third kappa shape index (κ3) is 2.48. The second-order valence-corrected chi connectivity index (χ2v) is 4.60. The molecule has 3 heterocycles. The normalized spacial score (nSPS) is 17.6. The quantitative estimate of drug-likeness (QED) is 0.846. The van der Waals surface area contributed by atoms with Crippen LogP contribution in [0.5, 0.6) is 0 Å². The Kier molecular flexibility index (Phi) is 3.07. The van der Waals surface area contributed by atoms with Crippen molar-refractivity contribution in [1.29, 1.82) is 0 Å². The summed E-state index contributed by atoms with van der Waals surface area (Å²) in [6, 6.07) is 4.42. The Labute approximate surface area is 101 Å². The van der Waals surface area contributed by atoms with Gasteiger partial charge in [0.15, 0.2) is 0 Å². The number of hydrogen-bond acceptors (Lipinski definition) is 3. The van der Waals surface area contributed by atoms with Crippen molar-refractivity contribution in [3.8, 4) is 0 Å². The van der Waals surface area contributed by atoms with Crippen LogP contribution in [0.15, 0.2) is 30.9 Å². The SMILES string of the molecule is c1cn2cncc2cc1CCN1CCNCC1. The van der Waals surface area contributed by atoms with Crippen molar-refractivity contribution in [3.05, 3.63) is 36.4 Å². The van der Waals surface area contributed by atoms with E-state index in [1.165, 1.54) is 24.2 Å². The monoisotopic (exact) mass is 230 g/mol. The van der Waals surface area contributed by atoms with Crippen molar-refractivity contribution in [2.45, 2.75) is 6.42 Å². The second-order valence-electron chi connectivity index (χ2n) is 4.60. The first-order valence-corrected chi connectivity index (χ1v) is 6.25. The number of piperazine rings is 1. The van der Waals surface area contributed by atoms with Gasteiger partial charge in [-0.3, -0.25) is 0 Å². The molecule has 1 aliphatic heterocycles. The second kappa shape index (κ2) is 4.85. The molecule has 0 spiro atoms. The highest BCUT2D eigenvalue weighted by molar-refractivity contribution is 5.46. The van der Waals surface area contributed by atoms with Crippen LogP contribution in [-0.4, -0.2) is 47.0 Å². The highest BCUT2D eigenvalue weighted by Crippen LogP contribution is 2.08. The highest BCUT2D eigenvalue weighted by atomic mass is 15.2. The molecular formula is C13H18N4. The number of pyridine rings is 1. The summed E-state index contributed by atoms with van der Waals surface area (Å²) < 4.78 is 2.05. The summed E-state index contributed by atoms with van der Waals surface area (Å²) in [5.41, 5.74) is 2.58. The topological polar surface area (TPSA) is 32.6 Å². The van der Waals surface area contributed by atoms with Crippen LogP contribution in [0, 0.1) is 0 Å². The average molecular weight is 230 g/mol. The van der Waals surface area contributed by atoms with Gasteiger partial charge in [0.2, 0.25) is 0 Å². The minimum absolute atomic E-state index is 1.13. The van der Waals surface area contributed by atoms with E-state index in [9.17, 15) is 0 Å². The fourth-order valence-corrected chi connectivity index (χ4v) is 2.34. The van der Waals surface area contributed by atoms with E-state index < -0.39 is 0 Å². The van der Waals surface area contributed by atoms with E-state index in [4.69, 9.17) is 0 Å². The lowest BCUT2D eigenvalue weighted by Gasteiger charge is -2.27. The van der Waals surface area contributed by atoms with Crippen molar-refractivity contribution in [1.82, 2.24) is 19.6 Å². The predicted octanol–water partition coefficient (Wildman–Crippen LogP) is 0.782. The fourth-order valence-electron chi connectivity index (χ4n) is 2.34. The summed E-state index contributed by atoms with van der Waals surface area (Å²) >= 11 is 0. The largest absolute Gasteiger partial charge is 0.314 e. The zero-order chi connectivity index (χ0) is 11.5. The molecule has 1 saturated heterocycles. The molecule has 2 aromatic rings. The Bertz CT molecular complexity index is 485. The lowest BCUT2D eigenvalue weighted by Crippen LogP contribution is -2.44. The number of fused-ring (bicyclic) bond motifs is 1. The summed E-state index contributed by atoms with van der Waals surface area (Å²) in [5.74, 6) is 0. The Morgan fingerprint density at radius 2 is 2.18 bits per heavy atom. The maximum Gasteiger partial charge on any atom is 0.0991 e. The maximum absolute atomic E-state index is 4.14. The number of aromatic nitrogens is 2. The molecule has 4 nitrogen and oxygen atoms in total. The smallest absolute Gasteiger partial charge is 0.0991 e. The molecule has 90 valence electrons. The van der Waals surface area contributed by atoms with Crippen molar-refractivity contribution in [2.75, 3.05) is 32.7 Å². The molecule has 4 heteroatoms. The summed E-state index contributed by atoms with van der Waals surface area (Å²) in [6.07, 6.45) is 6.97. The van der Waals surface area contributed by atoms with E-state index in [2.05, 4.69) is 33.5 Å². The molecule has 0 bridgehead atoms. The zero-order valence-electron chi connectivity index (χ0n) is 9.97. The first-order chi connectivity index (χ1) is 8.42. The van der Waals surface area contributed by atoms with Crippen molar-refractivity contribution < 1.29 is 0 Å². The molecule has 0 saturated carbocycles. The van der Waals surface area contributed by atoms with E-state index in [0.29, 0.717) is 0 Å². The van der Waals surface area contributed by atoms with Crippen LogP contribution in [0.2, 0.25) is 0 Å². The van der Waals surface area contributed by atoms with Crippen molar-refractivity contribution in [3.63, 3.8) is 0 Å². The van der Waals surface area contributed by atoms with E-state index in [1.807, 2.05) is 16.9 Å². The minimum atomic E-state index is 1.13. The highest BCUT2D eigenvalue weighted by Gasteiger charge is 2.08. The van der Waals surface area contributed by atoms with Gasteiger partial charge in [0.05, 0.1) is 18.0 Å². The Morgan fingerprint density at radius 1 is 1.29 bits per heavy atom. The van der Waals surface area contributed by atoms with Crippen LogP contribution in [0.1, 0.15) is 5.56 Å². The van der Waals surface area contributed by atoms with Gasteiger partial charge < -0.3 is 14.6 Å². The van der Waals surface area contributed by atoms with E-state index in [0.717, 1.165) is 26.1 Å². The molecule has 0 unspecified atom stereocenters. The molecule has 0 atom stereocenters. The number of nitrogens with one attached hydrogen (secondary N) is 1. The molecule has 0 aromatic carbocycles. The van der Waals surface area contributed by atoms with Crippen molar-refractivity contribution >= 4 is 5.52 Å². The molecule has 2 aromatic heterocycles. The van der Waals surface area contributed by atoms with E-state index >= 15 is 0 Å². The molecule has 0 aliphatic carbocycles.